The topological polar surface area (TPSA) is 46.1 Å². The average Bonchev–Trinajstić information content (AvgIpc) is 2.76. The highest BCUT2D eigenvalue weighted by molar-refractivity contribution is 14.0. The Morgan fingerprint density at radius 1 is 1.17 bits per heavy atom. The Morgan fingerprint density at radius 2 is 1.97 bits per heavy atom. The molecule has 29 heavy (non-hydrogen) atoms. The molecule has 0 bridgehead atoms. The fourth-order valence-corrected chi connectivity index (χ4v) is 3.96. The number of hydrogen-bond donors (Lipinski definition) is 1. The molecule has 164 valence electrons. The van der Waals surface area contributed by atoms with Crippen LogP contribution in [0.15, 0.2) is 35.3 Å². The minimum Gasteiger partial charge on any atom is -0.376 e. The third-order valence-electron chi connectivity index (χ3n) is 5.60. The van der Waals surface area contributed by atoms with E-state index in [1.165, 1.54) is 18.4 Å². The number of benzene rings is 1. The lowest BCUT2D eigenvalue weighted by Crippen LogP contribution is -2.47. The molecular weight excluding hydrogens is 477 g/mol. The van der Waals surface area contributed by atoms with E-state index < -0.39 is 0 Å². The zero-order valence-corrected chi connectivity index (χ0v) is 20.2. The molecule has 0 aromatic heterocycles. The summed E-state index contributed by atoms with van der Waals surface area (Å²) in [5.74, 6) is 1.06. The number of likely N-dealkylation sites (tertiary alicyclic amines) is 1. The summed E-state index contributed by atoms with van der Waals surface area (Å²) in [6, 6.07) is 10.7. The molecule has 6 heteroatoms. The fourth-order valence-electron chi connectivity index (χ4n) is 3.96. The van der Waals surface area contributed by atoms with Crippen molar-refractivity contribution in [2.24, 2.45) is 4.99 Å². The van der Waals surface area contributed by atoms with Crippen molar-refractivity contribution in [1.29, 1.82) is 0 Å². The van der Waals surface area contributed by atoms with Crippen LogP contribution in [0.2, 0.25) is 0 Å². The van der Waals surface area contributed by atoms with Crippen LogP contribution < -0.4 is 5.32 Å². The van der Waals surface area contributed by atoms with E-state index in [1.807, 2.05) is 0 Å². The second-order valence-corrected chi connectivity index (χ2v) is 7.83. The molecule has 2 aliphatic heterocycles. The molecule has 1 aromatic carbocycles. The summed E-state index contributed by atoms with van der Waals surface area (Å²) < 4.78 is 11.9. The predicted molar refractivity (Wildman–Crippen MR) is 130 cm³/mol. The van der Waals surface area contributed by atoms with Crippen molar-refractivity contribution in [3.05, 3.63) is 35.9 Å². The van der Waals surface area contributed by atoms with E-state index in [-0.39, 0.29) is 24.0 Å². The maximum atomic E-state index is 6.15. The first-order valence-electron chi connectivity index (χ1n) is 11.2. The number of ether oxygens (including phenoxy) is 2. The molecule has 5 nitrogen and oxygen atoms in total. The lowest BCUT2D eigenvalue weighted by Gasteiger charge is -2.35. The van der Waals surface area contributed by atoms with Crippen LogP contribution in [0.4, 0.5) is 0 Å². The first kappa shape index (κ1) is 24.4. The van der Waals surface area contributed by atoms with E-state index >= 15 is 0 Å². The van der Waals surface area contributed by atoms with Gasteiger partial charge in [0.2, 0.25) is 0 Å². The van der Waals surface area contributed by atoms with Crippen LogP contribution in [0.3, 0.4) is 0 Å². The molecule has 2 fully saturated rings. The zero-order valence-electron chi connectivity index (χ0n) is 17.9. The second kappa shape index (κ2) is 14.2. The Balaban J connectivity index is 0.00000300. The maximum Gasteiger partial charge on any atom is 0.193 e. The van der Waals surface area contributed by atoms with Gasteiger partial charge in [0.1, 0.15) is 0 Å². The van der Waals surface area contributed by atoms with Crippen molar-refractivity contribution >= 4 is 29.9 Å². The molecule has 2 heterocycles. The highest BCUT2D eigenvalue weighted by Crippen LogP contribution is 2.18. The Morgan fingerprint density at radius 3 is 2.66 bits per heavy atom. The van der Waals surface area contributed by atoms with Gasteiger partial charge in [-0.15, -0.1) is 24.0 Å². The van der Waals surface area contributed by atoms with Crippen molar-refractivity contribution in [3.8, 4) is 0 Å². The maximum absolute atomic E-state index is 6.15. The van der Waals surface area contributed by atoms with E-state index in [0.717, 1.165) is 77.5 Å². The van der Waals surface area contributed by atoms with Crippen molar-refractivity contribution in [2.75, 3.05) is 39.4 Å². The Hall–Kier alpha value is -0.860. The number of halogens is 1. The predicted octanol–water partition coefficient (Wildman–Crippen LogP) is 4.25. The van der Waals surface area contributed by atoms with Crippen LogP contribution in [0, 0.1) is 0 Å². The summed E-state index contributed by atoms with van der Waals surface area (Å²) in [5.41, 5.74) is 1.39. The van der Waals surface area contributed by atoms with Gasteiger partial charge in [0.05, 0.1) is 18.8 Å². The number of rotatable bonds is 8. The number of piperidine rings is 1. The number of nitrogens with one attached hydrogen (secondary N) is 1. The highest BCUT2D eigenvalue weighted by atomic mass is 127. The van der Waals surface area contributed by atoms with E-state index in [0.29, 0.717) is 12.2 Å². The number of guanidine groups is 1. The van der Waals surface area contributed by atoms with E-state index in [2.05, 4.69) is 47.5 Å². The van der Waals surface area contributed by atoms with Gasteiger partial charge >= 0.3 is 0 Å². The van der Waals surface area contributed by atoms with Crippen molar-refractivity contribution in [3.63, 3.8) is 0 Å². The molecule has 3 rings (SSSR count). The zero-order chi connectivity index (χ0) is 19.4. The van der Waals surface area contributed by atoms with Crippen molar-refractivity contribution in [1.82, 2.24) is 10.2 Å². The molecule has 1 N–H and O–H groups in total. The number of hydrogen-bond acceptors (Lipinski definition) is 3. The smallest absolute Gasteiger partial charge is 0.193 e. The van der Waals surface area contributed by atoms with Gasteiger partial charge in [-0.1, -0.05) is 30.3 Å². The van der Waals surface area contributed by atoms with Gasteiger partial charge in [-0.05, 0) is 57.4 Å². The Kier molecular flexibility index (Phi) is 12.0. The molecular formula is C23H38IN3O2. The quantitative estimate of drug-likeness (QED) is 0.244. The largest absolute Gasteiger partial charge is 0.376 e. The monoisotopic (exact) mass is 515 g/mol. The molecule has 0 radical (unpaired) electrons. The van der Waals surface area contributed by atoms with Crippen LogP contribution in [0.1, 0.15) is 51.0 Å². The standard InChI is InChI=1S/C23H37N3O2.HI/c1-2-24-23(25-15-8-11-20-9-4-3-5-10-20)26-16-13-21(14-17-26)28-19-22-12-6-7-18-27-22;/h3-5,9-10,21-22H,2,6-8,11-19H2,1H3,(H,24,25);1H. The number of nitrogens with zero attached hydrogens (tertiary/aromatic N) is 2. The summed E-state index contributed by atoms with van der Waals surface area (Å²) in [5, 5.41) is 3.46. The fraction of sp³-hybridized carbons (Fsp3) is 0.696. The summed E-state index contributed by atoms with van der Waals surface area (Å²) >= 11 is 0. The second-order valence-electron chi connectivity index (χ2n) is 7.83. The third-order valence-corrected chi connectivity index (χ3v) is 5.60. The molecule has 0 amide bonds. The summed E-state index contributed by atoms with van der Waals surface area (Å²) in [7, 11) is 0. The average molecular weight is 515 g/mol. The van der Waals surface area contributed by atoms with Crippen molar-refractivity contribution in [2.45, 2.75) is 64.1 Å². The van der Waals surface area contributed by atoms with Gasteiger partial charge < -0.3 is 19.7 Å². The Bertz CT molecular complexity index is 571. The minimum atomic E-state index is 0. The highest BCUT2D eigenvalue weighted by Gasteiger charge is 2.23. The summed E-state index contributed by atoms with van der Waals surface area (Å²) in [6.45, 7) is 7.61. The Labute approximate surface area is 193 Å². The molecule has 0 saturated carbocycles. The minimum absolute atomic E-state index is 0. The van der Waals surface area contributed by atoms with Gasteiger partial charge in [0.15, 0.2) is 5.96 Å². The van der Waals surface area contributed by atoms with Crippen LogP contribution in [-0.4, -0.2) is 62.5 Å². The van der Waals surface area contributed by atoms with Crippen molar-refractivity contribution < 1.29 is 9.47 Å². The molecule has 2 saturated heterocycles. The van der Waals surface area contributed by atoms with Crippen LogP contribution >= 0.6 is 24.0 Å². The molecule has 2 aliphatic rings. The first-order chi connectivity index (χ1) is 13.8. The van der Waals surface area contributed by atoms with E-state index in [9.17, 15) is 0 Å². The molecule has 1 atom stereocenters. The van der Waals surface area contributed by atoms with Crippen LogP contribution in [-0.2, 0) is 15.9 Å². The van der Waals surface area contributed by atoms with Crippen LogP contribution in [0.5, 0.6) is 0 Å². The third kappa shape index (κ3) is 8.80. The van der Waals surface area contributed by atoms with Crippen LogP contribution in [0.25, 0.3) is 0 Å². The summed E-state index contributed by atoms with van der Waals surface area (Å²) in [6.07, 6.45) is 8.62. The lowest BCUT2D eigenvalue weighted by atomic mass is 10.1. The first-order valence-corrected chi connectivity index (χ1v) is 11.2. The normalized spacial score (nSPS) is 20.9. The molecule has 0 aliphatic carbocycles. The number of aryl methyl sites for hydroxylation is 1. The van der Waals surface area contributed by atoms with Gasteiger partial charge in [-0.3, -0.25) is 4.99 Å². The van der Waals surface area contributed by atoms with Gasteiger partial charge in [0.25, 0.3) is 0 Å². The van der Waals surface area contributed by atoms with Gasteiger partial charge in [-0.25, -0.2) is 0 Å². The molecule has 1 aromatic rings. The molecule has 1 unspecified atom stereocenters. The van der Waals surface area contributed by atoms with E-state index in [1.54, 1.807) is 0 Å². The van der Waals surface area contributed by atoms with Gasteiger partial charge in [0, 0.05) is 32.8 Å². The number of aliphatic imine (C=N–C) groups is 1. The molecule has 0 spiro atoms. The van der Waals surface area contributed by atoms with E-state index in [4.69, 9.17) is 14.5 Å². The van der Waals surface area contributed by atoms with Gasteiger partial charge in [-0.2, -0.15) is 0 Å². The summed E-state index contributed by atoms with van der Waals surface area (Å²) in [4.78, 5) is 7.26. The lowest BCUT2D eigenvalue weighted by molar-refractivity contribution is -0.0721. The SMILES string of the molecule is CCNC(=NCCCc1ccccc1)N1CCC(OCC2CCCCO2)CC1.I.